The Bertz CT molecular complexity index is 1150. The van der Waals surface area contributed by atoms with Gasteiger partial charge in [0.05, 0.1) is 32.8 Å². The van der Waals surface area contributed by atoms with Crippen molar-refractivity contribution in [1.82, 2.24) is 14.8 Å². The fourth-order valence-electron chi connectivity index (χ4n) is 3.06. The van der Waals surface area contributed by atoms with Gasteiger partial charge in [-0.2, -0.15) is 0 Å². The molecule has 0 saturated heterocycles. The van der Waals surface area contributed by atoms with Gasteiger partial charge in [-0.1, -0.05) is 23.9 Å². The molecule has 2 heterocycles. The summed E-state index contributed by atoms with van der Waals surface area (Å²) in [5.74, 6) is 3.13. The normalized spacial score (nSPS) is 10.8. The van der Waals surface area contributed by atoms with Crippen molar-refractivity contribution in [2.75, 3.05) is 20.0 Å². The van der Waals surface area contributed by atoms with Crippen LogP contribution in [0.25, 0.3) is 11.4 Å². The third-order valence-electron chi connectivity index (χ3n) is 4.68. The fourth-order valence-corrected chi connectivity index (χ4v) is 3.89. The minimum atomic E-state index is 0.00290. The van der Waals surface area contributed by atoms with E-state index in [0.717, 1.165) is 17.1 Å². The van der Waals surface area contributed by atoms with Gasteiger partial charge in [0.15, 0.2) is 16.8 Å². The van der Waals surface area contributed by atoms with Crippen molar-refractivity contribution in [3.63, 3.8) is 0 Å². The first-order chi connectivity index (χ1) is 15.2. The summed E-state index contributed by atoms with van der Waals surface area (Å²) in [5.41, 5.74) is 1.49. The zero-order chi connectivity index (χ0) is 21.6. The van der Waals surface area contributed by atoms with Crippen molar-refractivity contribution < 1.29 is 18.7 Å². The summed E-state index contributed by atoms with van der Waals surface area (Å²) in [6, 6.07) is 18.4. The van der Waals surface area contributed by atoms with Gasteiger partial charge in [-0.15, -0.1) is 10.2 Å². The number of nitrogens with zero attached hydrogens (tertiary/aromatic N) is 3. The summed E-state index contributed by atoms with van der Waals surface area (Å²) in [4.78, 5) is 12.7. The molecule has 0 bridgehead atoms. The van der Waals surface area contributed by atoms with Gasteiger partial charge >= 0.3 is 0 Å². The molecule has 0 amide bonds. The molecule has 0 aliphatic heterocycles. The van der Waals surface area contributed by atoms with Gasteiger partial charge in [-0.05, 0) is 48.5 Å². The summed E-state index contributed by atoms with van der Waals surface area (Å²) >= 11 is 1.34. The van der Waals surface area contributed by atoms with E-state index in [9.17, 15) is 4.79 Å². The number of aromatic nitrogens is 3. The fraction of sp³-hybridized carbons (Fsp3) is 0.174. The van der Waals surface area contributed by atoms with Gasteiger partial charge in [0.1, 0.15) is 17.3 Å². The van der Waals surface area contributed by atoms with E-state index in [1.807, 2.05) is 41.0 Å². The monoisotopic (exact) mass is 435 g/mol. The van der Waals surface area contributed by atoms with Crippen LogP contribution in [-0.2, 0) is 6.54 Å². The lowest BCUT2D eigenvalue weighted by atomic mass is 10.1. The van der Waals surface area contributed by atoms with Gasteiger partial charge in [-0.25, -0.2) is 0 Å². The number of methoxy groups -OCH3 is 2. The second-order valence-electron chi connectivity index (χ2n) is 6.64. The van der Waals surface area contributed by atoms with Gasteiger partial charge in [0.25, 0.3) is 0 Å². The topological polar surface area (TPSA) is 79.4 Å². The second kappa shape index (κ2) is 9.53. The average molecular weight is 436 g/mol. The number of carbonyl (C=O) groups excluding carboxylic acids is 1. The van der Waals surface area contributed by atoms with E-state index in [-0.39, 0.29) is 11.5 Å². The lowest BCUT2D eigenvalue weighted by Gasteiger charge is -2.10. The number of ketones is 1. The number of Topliss-reactive ketones (excluding diaryl/α,β-unsaturated/α-hetero) is 1. The first-order valence-corrected chi connectivity index (χ1v) is 10.6. The van der Waals surface area contributed by atoms with Crippen LogP contribution < -0.4 is 9.47 Å². The van der Waals surface area contributed by atoms with Crippen LogP contribution in [0.4, 0.5) is 0 Å². The molecule has 31 heavy (non-hydrogen) atoms. The van der Waals surface area contributed by atoms with Gasteiger partial charge < -0.3 is 13.9 Å². The van der Waals surface area contributed by atoms with Crippen molar-refractivity contribution in [2.45, 2.75) is 11.7 Å². The Kier molecular flexibility index (Phi) is 6.37. The van der Waals surface area contributed by atoms with Gasteiger partial charge in [0.2, 0.25) is 0 Å². The number of rotatable bonds is 9. The van der Waals surface area contributed by atoms with Crippen LogP contribution >= 0.6 is 11.8 Å². The van der Waals surface area contributed by atoms with E-state index < -0.39 is 0 Å². The summed E-state index contributed by atoms with van der Waals surface area (Å²) in [6.45, 7) is 0.450. The molecule has 0 aliphatic rings. The van der Waals surface area contributed by atoms with E-state index in [4.69, 9.17) is 13.9 Å². The Hall–Kier alpha value is -3.52. The maximum atomic E-state index is 12.7. The molecular formula is C23H21N3O4S. The summed E-state index contributed by atoms with van der Waals surface area (Å²) in [5, 5.41) is 9.36. The first-order valence-electron chi connectivity index (χ1n) is 9.58. The summed E-state index contributed by atoms with van der Waals surface area (Å²) in [6.07, 6.45) is 1.63. The highest BCUT2D eigenvalue weighted by atomic mass is 32.2. The zero-order valence-electron chi connectivity index (χ0n) is 17.1. The Morgan fingerprint density at radius 2 is 1.81 bits per heavy atom. The summed E-state index contributed by atoms with van der Waals surface area (Å²) < 4.78 is 18.0. The minimum absolute atomic E-state index is 0.00290. The number of furan rings is 1. The molecule has 0 saturated carbocycles. The molecule has 158 valence electrons. The average Bonchev–Trinajstić information content (AvgIpc) is 3.48. The molecule has 2 aromatic carbocycles. The predicted molar refractivity (Wildman–Crippen MR) is 118 cm³/mol. The Morgan fingerprint density at radius 1 is 1.00 bits per heavy atom. The van der Waals surface area contributed by atoms with Crippen molar-refractivity contribution >= 4 is 17.5 Å². The van der Waals surface area contributed by atoms with Crippen molar-refractivity contribution in [3.05, 3.63) is 78.3 Å². The van der Waals surface area contributed by atoms with Crippen LogP contribution in [0.2, 0.25) is 0 Å². The highest BCUT2D eigenvalue weighted by Gasteiger charge is 2.18. The summed E-state index contributed by atoms with van der Waals surface area (Å²) in [7, 11) is 3.22. The molecular weight excluding hydrogens is 414 g/mol. The maximum absolute atomic E-state index is 12.7. The number of hydrogen-bond donors (Lipinski definition) is 0. The quantitative estimate of drug-likeness (QED) is 0.281. The third-order valence-corrected chi connectivity index (χ3v) is 5.65. The van der Waals surface area contributed by atoms with Crippen molar-refractivity contribution in [1.29, 1.82) is 0 Å². The van der Waals surface area contributed by atoms with Crippen LogP contribution in [0, 0.1) is 0 Å². The Balaban J connectivity index is 1.59. The molecule has 0 radical (unpaired) electrons. The molecule has 0 atom stereocenters. The predicted octanol–water partition coefficient (Wildman–Crippen LogP) is 4.58. The first kappa shape index (κ1) is 20.7. The smallest absolute Gasteiger partial charge is 0.192 e. The SMILES string of the molecule is COc1ccc(C(=O)CSc2nnc(-c3cccc(OC)c3)n2Cc2ccco2)cc1. The largest absolute Gasteiger partial charge is 0.497 e. The van der Waals surface area contributed by atoms with E-state index in [2.05, 4.69) is 10.2 Å². The molecule has 0 spiro atoms. The number of carbonyl (C=O) groups is 1. The van der Waals surface area contributed by atoms with Gasteiger partial charge in [0, 0.05) is 11.1 Å². The molecule has 2 aromatic heterocycles. The van der Waals surface area contributed by atoms with Crippen LogP contribution in [0.1, 0.15) is 16.1 Å². The molecule has 0 fully saturated rings. The minimum Gasteiger partial charge on any atom is -0.497 e. The van der Waals surface area contributed by atoms with E-state index in [1.54, 1.807) is 44.7 Å². The van der Waals surface area contributed by atoms with E-state index in [1.165, 1.54) is 11.8 Å². The van der Waals surface area contributed by atoms with Crippen molar-refractivity contribution in [2.24, 2.45) is 0 Å². The lowest BCUT2D eigenvalue weighted by molar-refractivity contribution is 0.102. The Morgan fingerprint density at radius 3 is 2.52 bits per heavy atom. The Labute approximate surface area is 184 Å². The molecule has 4 aromatic rings. The van der Waals surface area contributed by atoms with E-state index >= 15 is 0 Å². The number of ether oxygens (including phenoxy) is 2. The standard InChI is InChI=1S/C23H21N3O4S/c1-28-18-10-8-16(9-11-18)21(27)15-31-23-25-24-22(17-5-3-6-19(13-17)29-2)26(23)14-20-7-4-12-30-20/h3-13H,14-15H2,1-2H3. The zero-order valence-corrected chi connectivity index (χ0v) is 18.0. The van der Waals surface area contributed by atoms with Crippen LogP contribution in [0.15, 0.2) is 76.5 Å². The molecule has 0 N–H and O–H groups in total. The van der Waals surface area contributed by atoms with Gasteiger partial charge in [-0.3, -0.25) is 9.36 Å². The second-order valence-corrected chi connectivity index (χ2v) is 7.59. The van der Waals surface area contributed by atoms with E-state index in [0.29, 0.717) is 28.8 Å². The van der Waals surface area contributed by atoms with Crippen molar-refractivity contribution in [3.8, 4) is 22.9 Å². The lowest BCUT2D eigenvalue weighted by Crippen LogP contribution is -2.07. The molecule has 8 heteroatoms. The highest BCUT2D eigenvalue weighted by molar-refractivity contribution is 7.99. The third kappa shape index (κ3) is 4.80. The molecule has 0 unspecified atom stereocenters. The number of thioether (sulfide) groups is 1. The molecule has 7 nitrogen and oxygen atoms in total. The van der Waals surface area contributed by atoms with Crippen LogP contribution in [0.3, 0.4) is 0 Å². The highest BCUT2D eigenvalue weighted by Crippen LogP contribution is 2.28. The van der Waals surface area contributed by atoms with Crippen LogP contribution in [-0.4, -0.2) is 40.5 Å². The number of hydrogen-bond acceptors (Lipinski definition) is 7. The molecule has 0 aliphatic carbocycles. The maximum Gasteiger partial charge on any atom is 0.192 e. The van der Waals surface area contributed by atoms with Crippen LogP contribution in [0.5, 0.6) is 11.5 Å². The molecule has 4 rings (SSSR count). The number of benzene rings is 2.